The highest BCUT2D eigenvalue weighted by atomic mass is 32.2. The van der Waals surface area contributed by atoms with Crippen molar-refractivity contribution in [1.29, 1.82) is 0 Å². The molecule has 0 fully saturated rings. The average molecular weight is 435 g/mol. The van der Waals surface area contributed by atoms with Gasteiger partial charge in [0, 0.05) is 16.3 Å². The summed E-state index contributed by atoms with van der Waals surface area (Å²) >= 11 is 1.48. The van der Waals surface area contributed by atoms with Crippen LogP contribution in [0.5, 0.6) is 5.75 Å². The van der Waals surface area contributed by atoms with E-state index in [1.165, 1.54) is 11.8 Å². The second-order valence-corrected chi connectivity index (χ2v) is 8.32. The van der Waals surface area contributed by atoms with Crippen LogP contribution in [0.2, 0.25) is 0 Å². The zero-order valence-corrected chi connectivity index (χ0v) is 18.4. The molecular formula is C25H26N2O3S. The van der Waals surface area contributed by atoms with Crippen LogP contribution in [-0.2, 0) is 9.59 Å². The summed E-state index contributed by atoms with van der Waals surface area (Å²) in [5.74, 6) is 0.365. The normalized spacial score (nSPS) is 11.4. The van der Waals surface area contributed by atoms with Gasteiger partial charge in [-0.2, -0.15) is 0 Å². The summed E-state index contributed by atoms with van der Waals surface area (Å²) in [6, 6.07) is 24.4. The van der Waals surface area contributed by atoms with Crippen molar-refractivity contribution >= 4 is 35.0 Å². The van der Waals surface area contributed by atoms with E-state index in [2.05, 4.69) is 10.6 Å². The molecule has 3 aromatic rings. The first kappa shape index (κ1) is 22.4. The number of ether oxygens (including phenoxy) is 1. The lowest BCUT2D eigenvalue weighted by Gasteiger charge is -2.15. The number of rotatable bonds is 9. The monoisotopic (exact) mass is 434 g/mol. The number of carbonyl (C=O) groups is 2. The summed E-state index contributed by atoms with van der Waals surface area (Å²) in [7, 11) is 0. The summed E-state index contributed by atoms with van der Waals surface area (Å²) < 4.78 is 5.48. The van der Waals surface area contributed by atoms with E-state index >= 15 is 0 Å². The fourth-order valence-corrected chi connectivity index (χ4v) is 3.87. The molecule has 0 bridgehead atoms. The molecule has 0 aliphatic rings. The molecule has 0 radical (unpaired) electrons. The van der Waals surface area contributed by atoms with Crippen molar-refractivity contribution < 1.29 is 14.3 Å². The van der Waals surface area contributed by atoms with Gasteiger partial charge in [-0.05, 0) is 55.8 Å². The summed E-state index contributed by atoms with van der Waals surface area (Å²) in [6.07, 6.45) is 0.684. The minimum absolute atomic E-state index is 0.0398. The number of thioether (sulfide) groups is 1. The predicted molar refractivity (Wildman–Crippen MR) is 127 cm³/mol. The fourth-order valence-electron chi connectivity index (χ4n) is 2.86. The highest BCUT2D eigenvalue weighted by Gasteiger charge is 2.18. The Hall–Kier alpha value is -3.25. The molecule has 5 nitrogen and oxygen atoms in total. The van der Waals surface area contributed by atoms with Gasteiger partial charge in [0.25, 0.3) is 5.91 Å². The fraction of sp³-hybridized carbons (Fsp3) is 0.200. The van der Waals surface area contributed by atoms with Gasteiger partial charge >= 0.3 is 0 Å². The van der Waals surface area contributed by atoms with Crippen LogP contribution in [-0.4, -0.2) is 23.7 Å². The molecule has 0 aliphatic carbocycles. The van der Waals surface area contributed by atoms with Gasteiger partial charge in [-0.1, -0.05) is 48.9 Å². The maximum atomic E-state index is 12.7. The largest absolute Gasteiger partial charge is 0.484 e. The minimum Gasteiger partial charge on any atom is -0.484 e. The second kappa shape index (κ2) is 11.2. The van der Waals surface area contributed by atoms with E-state index in [1.54, 1.807) is 12.1 Å². The lowest BCUT2D eigenvalue weighted by atomic mass is 10.2. The van der Waals surface area contributed by atoms with Gasteiger partial charge in [0.05, 0.1) is 5.25 Å². The molecule has 3 rings (SSSR count). The molecule has 2 amide bonds. The Bertz CT molecular complexity index is 1010. The molecule has 3 aromatic carbocycles. The SMILES string of the molecule is CCC(Sc1cccc(NC(=O)COc2ccccc2)c1)C(=O)Nc1ccc(C)cc1. The summed E-state index contributed by atoms with van der Waals surface area (Å²) in [6.45, 7) is 3.92. The van der Waals surface area contributed by atoms with Gasteiger partial charge in [0.2, 0.25) is 5.91 Å². The van der Waals surface area contributed by atoms with Gasteiger partial charge in [-0.25, -0.2) is 0 Å². The van der Waals surface area contributed by atoms with Crippen molar-refractivity contribution in [1.82, 2.24) is 0 Å². The molecule has 0 aromatic heterocycles. The summed E-state index contributed by atoms with van der Waals surface area (Å²) in [4.78, 5) is 25.8. The van der Waals surface area contributed by atoms with Crippen molar-refractivity contribution in [3.05, 3.63) is 84.4 Å². The third-order valence-corrected chi connectivity index (χ3v) is 5.85. The Morgan fingerprint density at radius 1 is 0.903 bits per heavy atom. The first-order chi connectivity index (χ1) is 15.0. The van der Waals surface area contributed by atoms with E-state index in [-0.39, 0.29) is 23.7 Å². The molecule has 6 heteroatoms. The topological polar surface area (TPSA) is 67.4 Å². The molecular weight excluding hydrogens is 408 g/mol. The third kappa shape index (κ3) is 7.19. The molecule has 0 aliphatic heterocycles. The van der Waals surface area contributed by atoms with E-state index in [4.69, 9.17) is 4.74 Å². The van der Waals surface area contributed by atoms with Gasteiger partial charge in [0.15, 0.2) is 6.61 Å². The van der Waals surface area contributed by atoms with E-state index in [0.29, 0.717) is 17.9 Å². The van der Waals surface area contributed by atoms with Crippen LogP contribution >= 0.6 is 11.8 Å². The molecule has 0 spiro atoms. The average Bonchev–Trinajstić information content (AvgIpc) is 2.78. The van der Waals surface area contributed by atoms with E-state index in [9.17, 15) is 9.59 Å². The predicted octanol–water partition coefficient (Wildman–Crippen LogP) is 5.52. The van der Waals surface area contributed by atoms with Crippen LogP contribution in [0.3, 0.4) is 0 Å². The molecule has 1 unspecified atom stereocenters. The minimum atomic E-state index is -0.242. The third-order valence-electron chi connectivity index (χ3n) is 4.49. The molecule has 2 N–H and O–H groups in total. The van der Waals surface area contributed by atoms with Crippen LogP contribution in [0.4, 0.5) is 11.4 Å². The zero-order chi connectivity index (χ0) is 22.1. The Labute approximate surface area is 187 Å². The summed E-state index contributed by atoms with van der Waals surface area (Å²) in [5, 5.41) is 5.57. The lowest BCUT2D eigenvalue weighted by Crippen LogP contribution is -2.24. The Morgan fingerprint density at radius 2 is 1.65 bits per heavy atom. The number of carbonyl (C=O) groups excluding carboxylic acids is 2. The van der Waals surface area contributed by atoms with Crippen LogP contribution in [0.15, 0.2) is 83.8 Å². The molecule has 1 atom stereocenters. The smallest absolute Gasteiger partial charge is 0.262 e. The number of benzene rings is 3. The van der Waals surface area contributed by atoms with Crippen LogP contribution in [0.1, 0.15) is 18.9 Å². The second-order valence-electron chi connectivity index (χ2n) is 7.05. The van der Waals surface area contributed by atoms with E-state index in [0.717, 1.165) is 16.1 Å². The van der Waals surface area contributed by atoms with Gasteiger partial charge < -0.3 is 15.4 Å². The number of para-hydroxylation sites is 1. The molecule has 0 heterocycles. The lowest BCUT2D eigenvalue weighted by molar-refractivity contribution is -0.118. The van der Waals surface area contributed by atoms with E-state index in [1.807, 2.05) is 80.6 Å². The Morgan fingerprint density at radius 3 is 2.35 bits per heavy atom. The maximum absolute atomic E-state index is 12.7. The zero-order valence-electron chi connectivity index (χ0n) is 17.6. The first-order valence-corrected chi connectivity index (χ1v) is 11.0. The highest BCUT2D eigenvalue weighted by molar-refractivity contribution is 8.00. The van der Waals surface area contributed by atoms with Gasteiger partial charge in [0.1, 0.15) is 5.75 Å². The number of hydrogen-bond donors (Lipinski definition) is 2. The maximum Gasteiger partial charge on any atom is 0.262 e. The van der Waals surface area contributed by atoms with Crippen molar-refractivity contribution in [2.75, 3.05) is 17.2 Å². The van der Waals surface area contributed by atoms with E-state index < -0.39 is 0 Å². The van der Waals surface area contributed by atoms with Gasteiger partial charge in [-0.3, -0.25) is 9.59 Å². The first-order valence-electron chi connectivity index (χ1n) is 10.2. The number of anilines is 2. The number of aryl methyl sites for hydroxylation is 1. The van der Waals surface area contributed by atoms with Crippen molar-refractivity contribution in [3.63, 3.8) is 0 Å². The van der Waals surface area contributed by atoms with Gasteiger partial charge in [-0.15, -0.1) is 11.8 Å². The number of amides is 2. The van der Waals surface area contributed by atoms with Crippen molar-refractivity contribution in [2.24, 2.45) is 0 Å². The summed E-state index contributed by atoms with van der Waals surface area (Å²) in [5.41, 5.74) is 2.60. The van der Waals surface area contributed by atoms with Crippen molar-refractivity contribution in [3.8, 4) is 5.75 Å². The molecule has 0 saturated carbocycles. The standard InChI is InChI=1S/C25H26N2O3S/c1-3-23(25(29)27-19-14-12-18(2)13-15-19)31-22-11-7-8-20(16-22)26-24(28)17-30-21-9-5-4-6-10-21/h4-16,23H,3,17H2,1-2H3,(H,26,28)(H,27,29). The highest BCUT2D eigenvalue weighted by Crippen LogP contribution is 2.28. The Kier molecular flexibility index (Phi) is 8.12. The molecule has 160 valence electrons. The van der Waals surface area contributed by atoms with Crippen molar-refractivity contribution in [2.45, 2.75) is 30.4 Å². The number of hydrogen-bond acceptors (Lipinski definition) is 4. The quantitative estimate of drug-likeness (QED) is 0.435. The van der Waals surface area contributed by atoms with Crippen LogP contribution in [0, 0.1) is 6.92 Å². The van der Waals surface area contributed by atoms with Crippen LogP contribution < -0.4 is 15.4 Å². The molecule has 31 heavy (non-hydrogen) atoms. The van der Waals surface area contributed by atoms with Crippen LogP contribution in [0.25, 0.3) is 0 Å². The number of nitrogens with one attached hydrogen (secondary N) is 2. The Balaban J connectivity index is 1.56. The molecule has 0 saturated heterocycles.